The van der Waals surface area contributed by atoms with Gasteiger partial charge in [-0.1, -0.05) is 26.7 Å². The van der Waals surface area contributed by atoms with Crippen LogP contribution in [0, 0.1) is 11.8 Å². The third-order valence-electron chi connectivity index (χ3n) is 5.18. The number of aliphatic hydroxyl groups is 1. The molecule has 1 N–H and O–H groups in total. The van der Waals surface area contributed by atoms with Gasteiger partial charge in [-0.2, -0.15) is 0 Å². The van der Waals surface area contributed by atoms with Crippen LogP contribution in [0.1, 0.15) is 65.2 Å². The smallest absolute Gasteiger partial charge is 0.0555 e. The maximum Gasteiger partial charge on any atom is 0.0555 e. The lowest BCUT2D eigenvalue weighted by molar-refractivity contribution is 0.0134. The van der Waals surface area contributed by atoms with Crippen molar-refractivity contribution in [2.24, 2.45) is 11.8 Å². The molecule has 2 rings (SSSR count). The quantitative estimate of drug-likeness (QED) is 0.784. The second kappa shape index (κ2) is 6.91. The molecular formula is C16H31NO. The van der Waals surface area contributed by atoms with E-state index in [1.54, 1.807) is 0 Å². The van der Waals surface area contributed by atoms with Crippen LogP contribution in [0.25, 0.3) is 0 Å². The Morgan fingerprint density at radius 2 is 1.89 bits per heavy atom. The molecule has 106 valence electrons. The van der Waals surface area contributed by atoms with E-state index in [0.29, 0.717) is 6.04 Å². The van der Waals surface area contributed by atoms with Crippen molar-refractivity contribution in [1.29, 1.82) is 0 Å². The monoisotopic (exact) mass is 253 g/mol. The lowest BCUT2D eigenvalue weighted by Crippen LogP contribution is -2.48. The summed E-state index contributed by atoms with van der Waals surface area (Å²) in [7, 11) is 0. The molecular weight excluding hydrogens is 222 g/mol. The molecule has 0 radical (unpaired) electrons. The molecule has 0 aromatic rings. The highest BCUT2D eigenvalue weighted by Crippen LogP contribution is 2.34. The number of rotatable bonds is 6. The van der Waals surface area contributed by atoms with Gasteiger partial charge in [0.05, 0.1) is 6.10 Å². The summed E-state index contributed by atoms with van der Waals surface area (Å²) in [6.07, 6.45) is 10.2. The number of aliphatic hydroxyl groups excluding tert-OH is 1. The van der Waals surface area contributed by atoms with Gasteiger partial charge in [-0.25, -0.2) is 0 Å². The molecule has 0 aromatic carbocycles. The highest BCUT2D eigenvalue weighted by atomic mass is 16.3. The van der Waals surface area contributed by atoms with Gasteiger partial charge in [0.15, 0.2) is 0 Å². The first-order valence-corrected chi connectivity index (χ1v) is 8.16. The minimum atomic E-state index is -0.0430. The summed E-state index contributed by atoms with van der Waals surface area (Å²) in [5.74, 6) is 1.78. The zero-order valence-electron chi connectivity index (χ0n) is 12.3. The maximum atomic E-state index is 9.99. The third-order valence-corrected chi connectivity index (χ3v) is 5.18. The zero-order valence-corrected chi connectivity index (χ0v) is 12.3. The van der Waals surface area contributed by atoms with E-state index in [0.717, 1.165) is 31.2 Å². The fourth-order valence-electron chi connectivity index (χ4n) is 3.85. The van der Waals surface area contributed by atoms with Gasteiger partial charge in [-0.3, -0.25) is 0 Å². The third kappa shape index (κ3) is 3.48. The fraction of sp³-hybridized carbons (Fsp3) is 1.00. The van der Waals surface area contributed by atoms with E-state index >= 15 is 0 Å². The minimum absolute atomic E-state index is 0.0430. The van der Waals surface area contributed by atoms with Crippen LogP contribution in [0.3, 0.4) is 0 Å². The van der Waals surface area contributed by atoms with Crippen molar-refractivity contribution < 1.29 is 5.11 Å². The first-order valence-electron chi connectivity index (χ1n) is 8.16. The summed E-state index contributed by atoms with van der Waals surface area (Å²) in [4.78, 5) is 2.69. The van der Waals surface area contributed by atoms with Crippen molar-refractivity contribution in [2.75, 3.05) is 13.1 Å². The van der Waals surface area contributed by atoms with Gasteiger partial charge in [0, 0.05) is 12.6 Å². The van der Waals surface area contributed by atoms with Crippen molar-refractivity contribution in [2.45, 2.75) is 77.4 Å². The van der Waals surface area contributed by atoms with Crippen LogP contribution >= 0.6 is 0 Å². The van der Waals surface area contributed by atoms with Crippen molar-refractivity contribution in [3.05, 3.63) is 0 Å². The molecule has 2 nitrogen and oxygen atoms in total. The number of nitrogens with zero attached hydrogens (tertiary/aromatic N) is 1. The molecule has 2 saturated carbocycles. The lowest BCUT2D eigenvalue weighted by atomic mass is 9.78. The van der Waals surface area contributed by atoms with Crippen LogP contribution in [0.15, 0.2) is 0 Å². The van der Waals surface area contributed by atoms with Gasteiger partial charge in [0.2, 0.25) is 0 Å². The van der Waals surface area contributed by atoms with Gasteiger partial charge < -0.3 is 10.0 Å². The molecule has 0 aliphatic heterocycles. The van der Waals surface area contributed by atoms with Crippen LogP contribution < -0.4 is 0 Å². The van der Waals surface area contributed by atoms with Crippen LogP contribution in [-0.2, 0) is 0 Å². The summed E-state index contributed by atoms with van der Waals surface area (Å²) < 4.78 is 0. The molecule has 0 saturated heterocycles. The number of hydrogen-bond acceptors (Lipinski definition) is 2. The summed E-state index contributed by atoms with van der Waals surface area (Å²) in [6, 6.07) is 0.652. The average molecular weight is 253 g/mol. The van der Waals surface area contributed by atoms with Crippen LogP contribution in [0.2, 0.25) is 0 Å². The zero-order chi connectivity index (χ0) is 13.0. The topological polar surface area (TPSA) is 23.5 Å². The van der Waals surface area contributed by atoms with Crippen molar-refractivity contribution in [3.8, 4) is 0 Å². The van der Waals surface area contributed by atoms with Gasteiger partial charge >= 0.3 is 0 Å². The maximum absolute atomic E-state index is 9.99. The van der Waals surface area contributed by atoms with Crippen LogP contribution in [-0.4, -0.2) is 35.2 Å². The van der Waals surface area contributed by atoms with Crippen molar-refractivity contribution in [3.63, 3.8) is 0 Å². The van der Waals surface area contributed by atoms with Crippen molar-refractivity contribution in [1.82, 2.24) is 4.90 Å². The SMILES string of the molecule is CCCC1CCC(O)CC1N(CC)CC1CCC1. The predicted octanol–water partition coefficient (Wildman–Crippen LogP) is 3.44. The van der Waals surface area contributed by atoms with Gasteiger partial charge in [-0.15, -0.1) is 0 Å². The van der Waals surface area contributed by atoms with Gasteiger partial charge in [0.25, 0.3) is 0 Å². The molecule has 18 heavy (non-hydrogen) atoms. The first kappa shape index (κ1) is 14.3. The summed E-state index contributed by atoms with van der Waals surface area (Å²) in [5, 5.41) is 9.99. The van der Waals surface area contributed by atoms with E-state index in [1.165, 1.54) is 45.1 Å². The summed E-state index contributed by atoms with van der Waals surface area (Å²) in [5.41, 5.74) is 0. The predicted molar refractivity (Wildman–Crippen MR) is 76.6 cm³/mol. The van der Waals surface area contributed by atoms with E-state index in [2.05, 4.69) is 18.7 Å². The van der Waals surface area contributed by atoms with Crippen LogP contribution in [0.4, 0.5) is 0 Å². The molecule has 2 heteroatoms. The largest absolute Gasteiger partial charge is 0.393 e. The highest BCUT2D eigenvalue weighted by molar-refractivity contribution is 4.88. The van der Waals surface area contributed by atoms with Gasteiger partial charge in [-0.05, 0) is 56.9 Å². The van der Waals surface area contributed by atoms with E-state index in [1.807, 2.05) is 0 Å². The molecule has 3 unspecified atom stereocenters. The summed E-state index contributed by atoms with van der Waals surface area (Å²) in [6.45, 7) is 7.04. The average Bonchev–Trinajstić information content (AvgIpc) is 2.31. The fourth-order valence-corrected chi connectivity index (χ4v) is 3.85. The van der Waals surface area contributed by atoms with E-state index in [9.17, 15) is 5.11 Å². The first-order chi connectivity index (χ1) is 8.74. The Morgan fingerprint density at radius 3 is 2.44 bits per heavy atom. The normalized spacial score (nSPS) is 33.7. The lowest BCUT2D eigenvalue weighted by Gasteiger charge is -2.44. The second-order valence-corrected chi connectivity index (χ2v) is 6.47. The van der Waals surface area contributed by atoms with E-state index < -0.39 is 0 Å². The molecule has 0 amide bonds. The Hall–Kier alpha value is -0.0800. The van der Waals surface area contributed by atoms with Gasteiger partial charge in [0.1, 0.15) is 0 Å². The summed E-state index contributed by atoms with van der Waals surface area (Å²) >= 11 is 0. The molecule has 0 spiro atoms. The molecule has 2 aliphatic carbocycles. The van der Waals surface area contributed by atoms with E-state index in [4.69, 9.17) is 0 Å². The molecule has 2 fully saturated rings. The standard InChI is InChI=1S/C16H31NO/c1-3-6-14-9-10-15(18)11-16(14)17(4-2)12-13-7-5-8-13/h13-16,18H,3-12H2,1-2H3. The van der Waals surface area contributed by atoms with Crippen LogP contribution in [0.5, 0.6) is 0 Å². The molecule has 0 bridgehead atoms. The molecule has 0 heterocycles. The Balaban J connectivity index is 1.94. The van der Waals surface area contributed by atoms with E-state index in [-0.39, 0.29) is 6.10 Å². The Morgan fingerprint density at radius 1 is 1.11 bits per heavy atom. The Kier molecular flexibility index (Phi) is 5.50. The molecule has 0 aromatic heterocycles. The highest BCUT2D eigenvalue weighted by Gasteiger charge is 2.34. The second-order valence-electron chi connectivity index (χ2n) is 6.47. The molecule has 3 atom stereocenters. The number of hydrogen-bond donors (Lipinski definition) is 1. The minimum Gasteiger partial charge on any atom is -0.393 e. The molecule has 2 aliphatic rings. The van der Waals surface area contributed by atoms with Crippen molar-refractivity contribution >= 4 is 0 Å². The Labute approximate surface area is 113 Å². The Bertz CT molecular complexity index is 239.